The fraction of sp³-hybridized carbons (Fsp3) is 0.0870. The zero-order valence-electron chi connectivity index (χ0n) is 18.1. The van der Waals surface area contributed by atoms with Crippen molar-refractivity contribution in [2.75, 3.05) is 17.1 Å². The van der Waals surface area contributed by atoms with Crippen molar-refractivity contribution in [1.29, 1.82) is 0 Å². The number of benzene rings is 2. The maximum atomic E-state index is 13.1. The number of carbonyl (C=O) groups excluding carboxylic acids is 1. The average molecular weight is 497 g/mol. The number of thiazole rings is 1. The molecule has 0 unspecified atom stereocenters. The molecule has 0 atom stereocenters. The number of methoxy groups -OCH3 is 1. The second-order valence-electron chi connectivity index (χ2n) is 7.15. The Kier molecular flexibility index (Phi) is 6.48. The first-order valence-electron chi connectivity index (χ1n) is 9.96. The number of phenolic OH excluding ortho intramolecular Hbond substituents is 1. The summed E-state index contributed by atoms with van der Waals surface area (Å²) in [7, 11) is -2.62. The summed E-state index contributed by atoms with van der Waals surface area (Å²) < 4.78 is 34.0. The maximum Gasteiger partial charge on any atom is 0.265 e. The molecule has 9 nitrogen and oxygen atoms in total. The lowest BCUT2D eigenvalue weighted by atomic mass is 10.1. The summed E-state index contributed by atoms with van der Waals surface area (Å²) in [5.74, 6) is -0.151. The van der Waals surface area contributed by atoms with Crippen LogP contribution in [0.3, 0.4) is 0 Å². The number of pyridine rings is 1. The number of aromatic hydroxyl groups is 1. The van der Waals surface area contributed by atoms with Gasteiger partial charge in [0.1, 0.15) is 16.4 Å². The van der Waals surface area contributed by atoms with Crippen LogP contribution >= 0.6 is 11.3 Å². The smallest absolute Gasteiger partial charge is 0.265 e. The quantitative estimate of drug-likeness (QED) is 0.326. The van der Waals surface area contributed by atoms with Gasteiger partial charge in [-0.1, -0.05) is 11.3 Å². The predicted octanol–water partition coefficient (Wildman–Crippen LogP) is 4.28. The SMILES string of the molecule is COc1ccc(-c2sc(NC(=O)c3cccnc3)nc2C)cc1S(=O)(=O)Nc1ccc(O)cc1. The average Bonchev–Trinajstić information content (AvgIpc) is 3.20. The highest BCUT2D eigenvalue weighted by atomic mass is 32.2. The molecule has 0 radical (unpaired) electrons. The number of hydrogen-bond acceptors (Lipinski definition) is 8. The van der Waals surface area contributed by atoms with Gasteiger partial charge in [-0.3, -0.25) is 19.8 Å². The molecule has 0 aliphatic carbocycles. The number of hydrogen-bond donors (Lipinski definition) is 3. The number of anilines is 2. The van der Waals surface area contributed by atoms with Crippen molar-refractivity contribution in [1.82, 2.24) is 9.97 Å². The van der Waals surface area contributed by atoms with Crippen molar-refractivity contribution < 1.29 is 23.1 Å². The van der Waals surface area contributed by atoms with Crippen LogP contribution in [-0.2, 0) is 10.0 Å². The van der Waals surface area contributed by atoms with Gasteiger partial charge in [0.2, 0.25) is 0 Å². The molecule has 2 aromatic heterocycles. The lowest BCUT2D eigenvalue weighted by Crippen LogP contribution is -2.14. The van der Waals surface area contributed by atoms with E-state index in [0.29, 0.717) is 32.5 Å². The summed E-state index contributed by atoms with van der Waals surface area (Å²) in [6.45, 7) is 1.78. The third-order valence-corrected chi connectivity index (χ3v) is 7.30. The molecule has 0 aliphatic rings. The first kappa shape index (κ1) is 23.2. The van der Waals surface area contributed by atoms with Crippen LogP contribution in [0.2, 0.25) is 0 Å². The molecule has 0 aliphatic heterocycles. The molecule has 0 fully saturated rings. The number of nitrogens with one attached hydrogen (secondary N) is 2. The fourth-order valence-corrected chi connectivity index (χ4v) is 5.36. The minimum atomic E-state index is -4.01. The van der Waals surface area contributed by atoms with E-state index in [0.717, 1.165) is 0 Å². The number of ether oxygens (including phenoxy) is 1. The second-order valence-corrected chi connectivity index (χ2v) is 9.80. The van der Waals surface area contributed by atoms with Gasteiger partial charge in [-0.2, -0.15) is 0 Å². The van der Waals surface area contributed by atoms with E-state index in [4.69, 9.17) is 4.74 Å². The Labute approximate surface area is 200 Å². The van der Waals surface area contributed by atoms with Gasteiger partial charge in [0.25, 0.3) is 15.9 Å². The van der Waals surface area contributed by atoms with Gasteiger partial charge in [-0.15, -0.1) is 0 Å². The standard InChI is InChI=1S/C23H20N4O5S2/c1-14-21(33-23(25-14)26-22(29)16-4-3-11-24-13-16)15-5-10-19(32-2)20(12-15)34(30,31)27-17-6-8-18(28)9-7-17/h3-13,27-28H,1-2H3,(H,25,26,29). The first-order chi connectivity index (χ1) is 16.3. The Morgan fingerprint density at radius 3 is 2.56 bits per heavy atom. The highest BCUT2D eigenvalue weighted by Crippen LogP contribution is 2.37. The summed E-state index contributed by atoms with van der Waals surface area (Å²) in [5.41, 5.74) is 1.92. The highest BCUT2D eigenvalue weighted by Gasteiger charge is 2.22. The molecule has 0 saturated carbocycles. The van der Waals surface area contributed by atoms with Crippen LogP contribution in [0.1, 0.15) is 16.1 Å². The summed E-state index contributed by atoms with van der Waals surface area (Å²) in [5, 5.41) is 12.6. The van der Waals surface area contributed by atoms with E-state index in [-0.39, 0.29) is 22.3 Å². The molecule has 0 bridgehead atoms. The van der Waals surface area contributed by atoms with E-state index in [1.807, 2.05) is 0 Å². The lowest BCUT2D eigenvalue weighted by molar-refractivity contribution is 0.102. The summed E-state index contributed by atoms with van der Waals surface area (Å²) in [6.07, 6.45) is 3.03. The number of nitrogens with zero attached hydrogens (tertiary/aromatic N) is 2. The van der Waals surface area contributed by atoms with Gasteiger partial charge in [-0.05, 0) is 67.1 Å². The minimum absolute atomic E-state index is 0.0228. The number of aryl methyl sites for hydroxylation is 1. The van der Waals surface area contributed by atoms with Crippen molar-refractivity contribution >= 4 is 38.1 Å². The third kappa shape index (κ3) is 5.00. The lowest BCUT2D eigenvalue weighted by Gasteiger charge is -2.13. The summed E-state index contributed by atoms with van der Waals surface area (Å²) in [4.78, 5) is 21.4. The molecule has 4 rings (SSSR count). The molecular formula is C23H20N4O5S2. The largest absolute Gasteiger partial charge is 0.508 e. The zero-order chi connectivity index (χ0) is 24.3. The van der Waals surface area contributed by atoms with Gasteiger partial charge < -0.3 is 9.84 Å². The molecule has 3 N–H and O–H groups in total. The maximum absolute atomic E-state index is 13.1. The Hall–Kier alpha value is -3.96. The number of phenols is 1. The topological polar surface area (TPSA) is 131 Å². The van der Waals surface area contributed by atoms with Crippen LogP contribution in [0.4, 0.5) is 10.8 Å². The van der Waals surface area contributed by atoms with Crippen molar-refractivity contribution in [3.8, 4) is 21.9 Å². The Morgan fingerprint density at radius 1 is 1.12 bits per heavy atom. The zero-order valence-corrected chi connectivity index (χ0v) is 19.8. The molecule has 2 aromatic carbocycles. The Bertz CT molecular complexity index is 1440. The molecular weight excluding hydrogens is 476 g/mol. The predicted molar refractivity (Wildman–Crippen MR) is 130 cm³/mol. The Morgan fingerprint density at radius 2 is 1.88 bits per heavy atom. The molecule has 0 saturated heterocycles. The highest BCUT2D eigenvalue weighted by molar-refractivity contribution is 7.92. The van der Waals surface area contributed by atoms with Crippen molar-refractivity contribution in [2.24, 2.45) is 0 Å². The molecule has 4 aromatic rings. The van der Waals surface area contributed by atoms with Crippen LogP contribution in [0.15, 0.2) is 71.9 Å². The molecule has 174 valence electrons. The van der Waals surface area contributed by atoms with E-state index >= 15 is 0 Å². The molecule has 0 spiro atoms. The summed E-state index contributed by atoms with van der Waals surface area (Å²) in [6, 6.07) is 13.8. The number of amides is 1. The van der Waals surface area contributed by atoms with E-state index in [2.05, 4.69) is 20.0 Å². The molecule has 34 heavy (non-hydrogen) atoms. The van der Waals surface area contributed by atoms with Crippen LogP contribution in [0, 0.1) is 6.92 Å². The van der Waals surface area contributed by atoms with Crippen LogP contribution < -0.4 is 14.8 Å². The van der Waals surface area contributed by atoms with Crippen molar-refractivity contribution in [3.05, 3.63) is 78.2 Å². The monoisotopic (exact) mass is 496 g/mol. The third-order valence-electron chi connectivity index (χ3n) is 4.78. The minimum Gasteiger partial charge on any atom is -0.508 e. The number of rotatable bonds is 7. The fourth-order valence-electron chi connectivity index (χ4n) is 3.15. The van der Waals surface area contributed by atoms with Crippen LogP contribution in [0.5, 0.6) is 11.5 Å². The normalized spacial score (nSPS) is 11.1. The van der Waals surface area contributed by atoms with Crippen molar-refractivity contribution in [2.45, 2.75) is 11.8 Å². The van der Waals surface area contributed by atoms with Crippen molar-refractivity contribution in [3.63, 3.8) is 0 Å². The van der Waals surface area contributed by atoms with Gasteiger partial charge in [-0.25, -0.2) is 13.4 Å². The van der Waals surface area contributed by atoms with E-state index in [1.165, 1.54) is 55.0 Å². The van der Waals surface area contributed by atoms with Crippen LogP contribution in [0.25, 0.3) is 10.4 Å². The molecule has 2 heterocycles. The Balaban J connectivity index is 1.65. The first-order valence-corrected chi connectivity index (χ1v) is 12.3. The van der Waals surface area contributed by atoms with Gasteiger partial charge in [0.05, 0.1) is 23.2 Å². The number of aromatic nitrogens is 2. The van der Waals surface area contributed by atoms with E-state index in [9.17, 15) is 18.3 Å². The van der Waals surface area contributed by atoms with Gasteiger partial charge in [0.15, 0.2) is 5.13 Å². The van der Waals surface area contributed by atoms with Crippen LogP contribution in [-0.4, -0.2) is 36.5 Å². The summed E-state index contributed by atoms with van der Waals surface area (Å²) >= 11 is 1.23. The second kappa shape index (κ2) is 9.49. The number of sulfonamides is 1. The van der Waals surface area contributed by atoms with Gasteiger partial charge >= 0.3 is 0 Å². The number of carbonyl (C=O) groups is 1. The van der Waals surface area contributed by atoms with E-state index < -0.39 is 10.0 Å². The van der Waals surface area contributed by atoms with Gasteiger partial charge in [0, 0.05) is 18.1 Å². The molecule has 1 amide bonds. The van der Waals surface area contributed by atoms with E-state index in [1.54, 1.807) is 37.4 Å². The molecule has 11 heteroatoms.